The molecule has 1 N–H and O–H groups in total. The second-order valence-corrected chi connectivity index (χ2v) is 8.02. The van der Waals surface area contributed by atoms with Crippen molar-refractivity contribution in [1.29, 1.82) is 0 Å². The topological polar surface area (TPSA) is 58.6 Å². The smallest absolute Gasteiger partial charge is 0.256 e. The number of benzene rings is 1. The van der Waals surface area contributed by atoms with E-state index in [1.54, 1.807) is 4.90 Å². The zero-order valence-corrected chi connectivity index (χ0v) is 16.1. The molecule has 2 amide bonds. The van der Waals surface area contributed by atoms with Crippen molar-refractivity contribution in [3.8, 4) is 0 Å². The number of hydrogen-bond donors (Lipinski definition) is 1. The third kappa shape index (κ3) is 3.78. The Hall–Kier alpha value is -1.88. The largest absolute Gasteiger partial charge is 0.354 e. The molecule has 2 fully saturated rings. The molecular formula is C21H30N2O3. The van der Waals surface area contributed by atoms with Gasteiger partial charge in [0.2, 0.25) is 5.91 Å². The minimum atomic E-state index is -0.626. The van der Waals surface area contributed by atoms with Crippen LogP contribution in [0.5, 0.6) is 0 Å². The highest BCUT2D eigenvalue weighted by molar-refractivity contribution is 5.98. The van der Waals surface area contributed by atoms with Gasteiger partial charge in [-0.1, -0.05) is 38.0 Å². The molecule has 1 saturated heterocycles. The monoisotopic (exact) mass is 358 g/mol. The Kier molecular flexibility index (Phi) is 5.66. The number of rotatable bonds is 4. The number of ether oxygens (including phenoxy) is 1. The molecule has 26 heavy (non-hydrogen) atoms. The Morgan fingerprint density at radius 3 is 2.65 bits per heavy atom. The van der Waals surface area contributed by atoms with E-state index in [-0.39, 0.29) is 18.4 Å². The van der Waals surface area contributed by atoms with Crippen LogP contribution in [0.25, 0.3) is 0 Å². The molecule has 1 aromatic carbocycles. The van der Waals surface area contributed by atoms with Gasteiger partial charge in [-0.3, -0.25) is 14.5 Å². The fourth-order valence-corrected chi connectivity index (χ4v) is 4.01. The van der Waals surface area contributed by atoms with Crippen LogP contribution in [0, 0.1) is 12.8 Å². The molecule has 1 atom stereocenters. The van der Waals surface area contributed by atoms with E-state index in [2.05, 4.69) is 19.2 Å². The fraction of sp³-hybridized carbons (Fsp3) is 0.619. The Morgan fingerprint density at radius 2 is 2.00 bits per heavy atom. The van der Waals surface area contributed by atoms with Crippen molar-refractivity contribution in [2.75, 3.05) is 13.2 Å². The van der Waals surface area contributed by atoms with Crippen LogP contribution in [0.1, 0.15) is 61.9 Å². The van der Waals surface area contributed by atoms with Crippen molar-refractivity contribution in [2.24, 2.45) is 5.92 Å². The van der Waals surface area contributed by atoms with Gasteiger partial charge in [-0.05, 0) is 50.7 Å². The highest BCUT2D eigenvalue weighted by atomic mass is 16.5. The summed E-state index contributed by atoms with van der Waals surface area (Å²) in [5, 5.41) is 2.98. The summed E-state index contributed by atoms with van der Waals surface area (Å²) in [6.07, 6.45) is 4.81. The minimum Gasteiger partial charge on any atom is -0.354 e. The van der Waals surface area contributed by atoms with Crippen LogP contribution < -0.4 is 5.32 Å². The SMILES string of the molecule is Cc1cccc(C(=O)N2C(C(=O)NCC(C)C)COC23CCCCC3)c1. The quantitative estimate of drug-likeness (QED) is 0.899. The lowest BCUT2D eigenvalue weighted by Crippen LogP contribution is -2.56. The first-order chi connectivity index (χ1) is 12.4. The number of aryl methyl sites for hydroxylation is 1. The minimum absolute atomic E-state index is 0.0993. The molecule has 0 bridgehead atoms. The molecule has 1 unspecified atom stereocenters. The van der Waals surface area contributed by atoms with E-state index in [9.17, 15) is 9.59 Å². The maximum atomic E-state index is 13.4. The summed E-state index contributed by atoms with van der Waals surface area (Å²) in [4.78, 5) is 27.9. The van der Waals surface area contributed by atoms with Gasteiger partial charge < -0.3 is 10.1 Å². The van der Waals surface area contributed by atoms with E-state index in [1.807, 2.05) is 31.2 Å². The predicted octanol–water partition coefficient (Wildman–Crippen LogP) is 3.27. The Morgan fingerprint density at radius 1 is 1.27 bits per heavy atom. The Bertz CT molecular complexity index is 665. The second-order valence-electron chi connectivity index (χ2n) is 8.02. The summed E-state index contributed by atoms with van der Waals surface area (Å²) in [5.74, 6) is 0.158. The molecule has 1 aromatic rings. The lowest BCUT2D eigenvalue weighted by Gasteiger charge is -2.41. The lowest BCUT2D eigenvalue weighted by atomic mass is 9.89. The van der Waals surface area contributed by atoms with Crippen LogP contribution in [-0.4, -0.2) is 41.6 Å². The summed E-state index contributed by atoms with van der Waals surface area (Å²) in [7, 11) is 0. The first-order valence-electron chi connectivity index (χ1n) is 9.75. The van der Waals surface area contributed by atoms with Crippen LogP contribution >= 0.6 is 0 Å². The molecule has 1 aliphatic heterocycles. The van der Waals surface area contributed by atoms with E-state index >= 15 is 0 Å². The number of carbonyl (C=O) groups excluding carboxylic acids is 2. The molecule has 2 aliphatic rings. The number of hydrogen-bond acceptors (Lipinski definition) is 3. The van der Waals surface area contributed by atoms with Crippen molar-refractivity contribution in [2.45, 2.75) is 64.6 Å². The highest BCUT2D eigenvalue weighted by Gasteiger charge is 2.52. The molecule has 0 aromatic heterocycles. The maximum Gasteiger partial charge on any atom is 0.256 e. The van der Waals surface area contributed by atoms with Gasteiger partial charge in [0.1, 0.15) is 11.8 Å². The average Bonchev–Trinajstić information content (AvgIpc) is 2.98. The van der Waals surface area contributed by atoms with Gasteiger partial charge in [0.05, 0.1) is 6.61 Å². The molecule has 1 heterocycles. The van der Waals surface area contributed by atoms with Crippen molar-refractivity contribution in [3.05, 3.63) is 35.4 Å². The van der Waals surface area contributed by atoms with Crippen molar-refractivity contribution >= 4 is 11.8 Å². The van der Waals surface area contributed by atoms with Gasteiger partial charge in [-0.2, -0.15) is 0 Å². The summed E-state index contributed by atoms with van der Waals surface area (Å²) in [6, 6.07) is 7.02. The molecule has 1 spiro atoms. The Balaban J connectivity index is 1.89. The number of carbonyl (C=O) groups is 2. The molecule has 142 valence electrons. The average molecular weight is 358 g/mol. The Labute approximate surface area is 156 Å². The normalized spacial score (nSPS) is 22.0. The van der Waals surface area contributed by atoms with Gasteiger partial charge >= 0.3 is 0 Å². The van der Waals surface area contributed by atoms with E-state index in [1.165, 1.54) is 0 Å². The third-order valence-electron chi connectivity index (χ3n) is 5.37. The molecular weight excluding hydrogens is 328 g/mol. The van der Waals surface area contributed by atoms with Crippen molar-refractivity contribution in [1.82, 2.24) is 10.2 Å². The van der Waals surface area contributed by atoms with Gasteiger partial charge in [-0.25, -0.2) is 0 Å². The zero-order valence-electron chi connectivity index (χ0n) is 16.1. The summed E-state index contributed by atoms with van der Waals surface area (Å²) < 4.78 is 6.15. The third-order valence-corrected chi connectivity index (χ3v) is 5.37. The first-order valence-corrected chi connectivity index (χ1v) is 9.75. The summed E-state index contributed by atoms with van der Waals surface area (Å²) in [5.41, 5.74) is 1.04. The molecule has 1 aliphatic carbocycles. The standard InChI is InChI=1S/C21H30N2O3/c1-15(2)13-22-19(24)18-14-26-21(10-5-4-6-11-21)23(18)20(25)17-9-7-8-16(3)12-17/h7-9,12,15,18H,4-6,10-11,13-14H2,1-3H3,(H,22,24). The fourth-order valence-electron chi connectivity index (χ4n) is 4.01. The second kappa shape index (κ2) is 7.78. The van der Waals surface area contributed by atoms with E-state index < -0.39 is 11.8 Å². The highest BCUT2D eigenvalue weighted by Crippen LogP contribution is 2.41. The molecule has 5 nitrogen and oxygen atoms in total. The van der Waals surface area contributed by atoms with Crippen molar-refractivity contribution in [3.63, 3.8) is 0 Å². The first kappa shape index (κ1) is 18.9. The zero-order chi connectivity index (χ0) is 18.7. The maximum absolute atomic E-state index is 13.4. The number of nitrogens with one attached hydrogen (secondary N) is 1. The number of nitrogens with zero attached hydrogens (tertiary/aromatic N) is 1. The predicted molar refractivity (Wildman–Crippen MR) is 101 cm³/mol. The van der Waals surface area contributed by atoms with Crippen LogP contribution in [0.2, 0.25) is 0 Å². The van der Waals surface area contributed by atoms with Crippen LogP contribution in [0.15, 0.2) is 24.3 Å². The van der Waals surface area contributed by atoms with Crippen LogP contribution in [0.3, 0.4) is 0 Å². The molecule has 5 heteroatoms. The summed E-state index contributed by atoms with van der Waals surface area (Å²) >= 11 is 0. The van der Waals surface area contributed by atoms with Crippen LogP contribution in [0.4, 0.5) is 0 Å². The molecule has 3 rings (SSSR count). The number of amides is 2. The van der Waals surface area contributed by atoms with E-state index in [0.717, 1.165) is 37.7 Å². The van der Waals surface area contributed by atoms with Gasteiger partial charge in [-0.15, -0.1) is 0 Å². The van der Waals surface area contributed by atoms with Gasteiger partial charge in [0.25, 0.3) is 5.91 Å². The molecule has 0 radical (unpaired) electrons. The van der Waals surface area contributed by atoms with E-state index in [4.69, 9.17) is 4.74 Å². The van der Waals surface area contributed by atoms with Gasteiger partial charge in [0.15, 0.2) is 0 Å². The van der Waals surface area contributed by atoms with E-state index in [0.29, 0.717) is 18.0 Å². The lowest BCUT2D eigenvalue weighted by molar-refractivity contribution is -0.127. The van der Waals surface area contributed by atoms with Gasteiger partial charge in [0, 0.05) is 12.1 Å². The summed E-state index contributed by atoms with van der Waals surface area (Å²) in [6.45, 7) is 6.98. The van der Waals surface area contributed by atoms with Crippen LogP contribution in [-0.2, 0) is 9.53 Å². The molecule has 1 saturated carbocycles. The van der Waals surface area contributed by atoms with Crippen molar-refractivity contribution < 1.29 is 14.3 Å².